The van der Waals surface area contributed by atoms with Crippen LogP contribution in [-0.4, -0.2) is 31.6 Å². The highest BCUT2D eigenvalue weighted by Crippen LogP contribution is 2.36. The van der Waals surface area contributed by atoms with Gasteiger partial charge in [-0.1, -0.05) is 6.92 Å². The maximum atomic E-state index is 12.9. The van der Waals surface area contributed by atoms with E-state index in [1.165, 1.54) is 0 Å². The van der Waals surface area contributed by atoms with E-state index in [1.54, 1.807) is 6.92 Å². The molecule has 18 heavy (non-hydrogen) atoms. The van der Waals surface area contributed by atoms with Crippen molar-refractivity contribution in [2.45, 2.75) is 51.4 Å². The fourth-order valence-electron chi connectivity index (χ4n) is 2.18. The summed E-state index contributed by atoms with van der Waals surface area (Å²) in [5, 5.41) is 0. The molecule has 0 aliphatic heterocycles. The van der Waals surface area contributed by atoms with Gasteiger partial charge in [-0.15, -0.1) is 0 Å². The number of halogens is 2. The molecule has 0 aromatic carbocycles. The Morgan fingerprint density at radius 3 is 2.33 bits per heavy atom. The van der Waals surface area contributed by atoms with Crippen LogP contribution >= 0.6 is 0 Å². The van der Waals surface area contributed by atoms with Gasteiger partial charge in [0.05, 0.1) is 5.75 Å². The van der Waals surface area contributed by atoms with E-state index in [2.05, 4.69) is 0 Å². The average molecular weight is 282 g/mol. The van der Waals surface area contributed by atoms with E-state index in [1.807, 2.05) is 0 Å². The van der Waals surface area contributed by atoms with Crippen LogP contribution in [0.4, 0.5) is 8.78 Å². The van der Waals surface area contributed by atoms with Crippen molar-refractivity contribution < 1.29 is 22.0 Å². The molecule has 0 atom stereocenters. The van der Waals surface area contributed by atoms with Crippen LogP contribution in [0.3, 0.4) is 0 Å². The zero-order valence-corrected chi connectivity index (χ0v) is 11.4. The van der Waals surface area contributed by atoms with Gasteiger partial charge in [-0.05, 0) is 19.3 Å². The summed E-state index contributed by atoms with van der Waals surface area (Å²) in [6, 6.07) is 0. The van der Waals surface area contributed by atoms with E-state index in [0.29, 0.717) is 6.42 Å². The van der Waals surface area contributed by atoms with Crippen LogP contribution in [0.15, 0.2) is 0 Å². The minimum Gasteiger partial charge on any atom is -0.299 e. The first-order chi connectivity index (χ1) is 8.26. The Morgan fingerprint density at radius 1 is 1.28 bits per heavy atom. The summed E-state index contributed by atoms with van der Waals surface area (Å²) < 4.78 is 48.3. The zero-order chi connectivity index (χ0) is 13.8. The third-order valence-corrected chi connectivity index (χ3v) is 5.28. The molecule has 0 radical (unpaired) electrons. The number of alkyl halides is 2. The van der Waals surface area contributed by atoms with Gasteiger partial charge in [0.15, 0.2) is 0 Å². The Bertz CT molecular complexity index is 380. The van der Waals surface area contributed by atoms with Gasteiger partial charge in [0.2, 0.25) is 5.92 Å². The summed E-state index contributed by atoms with van der Waals surface area (Å²) in [7, 11) is -3.04. The molecule has 0 saturated heterocycles. The number of Topliss-reactive ketones (excluding diaryl/α,β-unsaturated/α-hetero) is 1. The average Bonchev–Trinajstić information content (AvgIpc) is 2.28. The van der Waals surface area contributed by atoms with Gasteiger partial charge in [0, 0.05) is 30.9 Å². The summed E-state index contributed by atoms with van der Waals surface area (Å²) in [6.07, 6.45) is 0.503. The summed E-state index contributed by atoms with van der Waals surface area (Å²) in [4.78, 5) is 11.7. The molecule has 0 spiro atoms. The third-order valence-electron chi connectivity index (χ3n) is 3.49. The molecule has 0 amide bonds. The van der Waals surface area contributed by atoms with Crippen molar-refractivity contribution in [3.05, 3.63) is 0 Å². The first-order valence-electron chi connectivity index (χ1n) is 6.37. The molecule has 3 nitrogen and oxygen atoms in total. The van der Waals surface area contributed by atoms with Crippen molar-refractivity contribution in [3.63, 3.8) is 0 Å². The van der Waals surface area contributed by atoms with Gasteiger partial charge in [-0.2, -0.15) is 0 Å². The molecule has 0 aromatic heterocycles. The number of ketones is 1. The fourth-order valence-corrected chi connectivity index (χ4v) is 3.05. The van der Waals surface area contributed by atoms with Gasteiger partial charge in [-0.3, -0.25) is 4.79 Å². The largest absolute Gasteiger partial charge is 0.299 e. The van der Waals surface area contributed by atoms with Gasteiger partial charge < -0.3 is 0 Å². The van der Waals surface area contributed by atoms with E-state index in [0.717, 1.165) is 0 Å². The lowest BCUT2D eigenvalue weighted by Crippen LogP contribution is -2.28. The molecule has 1 rings (SSSR count). The Balaban J connectivity index is 2.30. The highest BCUT2D eigenvalue weighted by Gasteiger charge is 2.36. The summed E-state index contributed by atoms with van der Waals surface area (Å²) >= 11 is 0. The molecule has 1 fully saturated rings. The number of hydrogen-bond acceptors (Lipinski definition) is 3. The Hall–Kier alpha value is -0.520. The van der Waals surface area contributed by atoms with Crippen LogP contribution in [0, 0.1) is 5.92 Å². The summed E-state index contributed by atoms with van der Waals surface area (Å²) in [6.45, 7) is 1.57. The monoisotopic (exact) mass is 282 g/mol. The molecular formula is C12H20F2O3S. The lowest BCUT2D eigenvalue weighted by molar-refractivity contribution is -0.127. The van der Waals surface area contributed by atoms with E-state index in [-0.39, 0.29) is 55.3 Å². The standard InChI is InChI=1S/C12H20F2O3S/c1-2-18(16,17)9-3-4-11(15)10-5-7-12(13,14)8-6-10/h10H,2-9H2,1H3. The molecule has 0 heterocycles. The Labute approximate surface area is 107 Å². The lowest BCUT2D eigenvalue weighted by atomic mass is 9.83. The number of hydrogen-bond donors (Lipinski definition) is 0. The molecule has 1 aliphatic carbocycles. The highest BCUT2D eigenvalue weighted by atomic mass is 32.2. The van der Waals surface area contributed by atoms with Gasteiger partial charge in [0.1, 0.15) is 15.6 Å². The number of carbonyl (C=O) groups is 1. The van der Waals surface area contributed by atoms with Crippen molar-refractivity contribution in [2.24, 2.45) is 5.92 Å². The summed E-state index contributed by atoms with van der Waals surface area (Å²) in [5.41, 5.74) is 0. The van der Waals surface area contributed by atoms with Gasteiger partial charge in [-0.25, -0.2) is 17.2 Å². The molecule has 1 saturated carbocycles. The van der Waals surface area contributed by atoms with Crippen molar-refractivity contribution in [3.8, 4) is 0 Å². The topological polar surface area (TPSA) is 51.2 Å². The Morgan fingerprint density at radius 2 is 1.83 bits per heavy atom. The minimum atomic E-state index is -3.04. The predicted molar refractivity (Wildman–Crippen MR) is 65.5 cm³/mol. The molecule has 6 heteroatoms. The highest BCUT2D eigenvalue weighted by molar-refractivity contribution is 7.91. The quantitative estimate of drug-likeness (QED) is 0.752. The SMILES string of the molecule is CCS(=O)(=O)CCCC(=O)C1CCC(F)(F)CC1. The van der Waals surface area contributed by atoms with E-state index < -0.39 is 15.8 Å². The first kappa shape index (κ1) is 15.5. The van der Waals surface area contributed by atoms with E-state index in [4.69, 9.17) is 0 Å². The number of sulfone groups is 1. The van der Waals surface area contributed by atoms with Gasteiger partial charge >= 0.3 is 0 Å². The van der Waals surface area contributed by atoms with Crippen LogP contribution < -0.4 is 0 Å². The zero-order valence-electron chi connectivity index (χ0n) is 10.6. The molecule has 1 aliphatic rings. The number of carbonyl (C=O) groups excluding carboxylic acids is 1. The van der Waals surface area contributed by atoms with Crippen LogP contribution in [0.2, 0.25) is 0 Å². The maximum absolute atomic E-state index is 12.9. The maximum Gasteiger partial charge on any atom is 0.248 e. The van der Waals surface area contributed by atoms with Crippen molar-refractivity contribution in [1.82, 2.24) is 0 Å². The third kappa shape index (κ3) is 5.00. The Kier molecular flexibility index (Phi) is 5.25. The molecular weight excluding hydrogens is 262 g/mol. The second-order valence-corrected chi connectivity index (χ2v) is 7.41. The second kappa shape index (κ2) is 6.08. The summed E-state index contributed by atoms with van der Waals surface area (Å²) in [5.74, 6) is -2.89. The fraction of sp³-hybridized carbons (Fsp3) is 0.917. The number of rotatable bonds is 6. The van der Waals surface area contributed by atoms with Crippen LogP contribution in [0.5, 0.6) is 0 Å². The molecule has 0 aromatic rings. The first-order valence-corrected chi connectivity index (χ1v) is 8.19. The second-order valence-electron chi connectivity index (χ2n) is 4.94. The molecule has 0 N–H and O–H groups in total. The molecule has 106 valence electrons. The smallest absolute Gasteiger partial charge is 0.248 e. The van der Waals surface area contributed by atoms with Crippen molar-refractivity contribution in [1.29, 1.82) is 0 Å². The minimum absolute atomic E-state index is 0.0120. The van der Waals surface area contributed by atoms with Gasteiger partial charge in [0.25, 0.3) is 0 Å². The van der Waals surface area contributed by atoms with Crippen molar-refractivity contribution >= 4 is 15.6 Å². The normalized spacial score (nSPS) is 20.8. The lowest BCUT2D eigenvalue weighted by Gasteiger charge is -2.27. The van der Waals surface area contributed by atoms with Crippen LogP contribution in [0.1, 0.15) is 45.4 Å². The van der Waals surface area contributed by atoms with Crippen LogP contribution in [0.25, 0.3) is 0 Å². The molecule has 0 unspecified atom stereocenters. The van der Waals surface area contributed by atoms with Crippen LogP contribution in [-0.2, 0) is 14.6 Å². The van der Waals surface area contributed by atoms with E-state index >= 15 is 0 Å². The predicted octanol–water partition coefficient (Wildman–Crippen LogP) is 2.60. The van der Waals surface area contributed by atoms with E-state index in [9.17, 15) is 22.0 Å². The van der Waals surface area contributed by atoms with Crippen molar-refractivity contribution in [2.75, 3.05) is 11.5 Å². The molecule has 0 bridgehead atoms.